The van der Waals surface area contributed by atoms with Crippen LogP contribution in [0, 0.1) is 17.8 Å². The third kappa shape index (κ3) is 11.2. The van der Waals surface area contributed by atoms with Gasteiger partial charge in [0.2, 0.25) is 11.2 Å². The smallest absolute Gasteiger partial charge is 0.238 e. The Kier molecular flexibility index (Phi) is 17.2. The van der Waals surface area contributed by atoms with Crippen LogP contribution in [0.3, 0.4) is 0 Å². The molecule has 0 radical (unpaired) electrons. The van der Waals surface area contributed by atoms with E-state index < -0.39 is 40.2 Å². The molecule has 12 heterocycles. The second-order valence-corrected chi connectivity index (χ2v) is 33.1. The van der Waals surface area contributed by atoms with Crippen LogP contribution in [0.4, 0.5) is 0 Å². The van der Waals surface area contributed by atoms with Crippen LogP contribution < -0.4 is 15.5 Å². The average Bonchev–Trinajstić information content (AvgIpc) is 0.874. The van der Waals surface area contributed by atoms with Crippen molar-refractivity contribution in [3.63, 3.8) is 0 Å². The van der Waals surface area contributed by atoms with Crippen LogP contribution in [0.1, 0.15) is 149 Å². The Morgan fingerprint density at radius 2 is 1.54 bits per heavy atom. The highest BCUT2D eigenvalue weighted by atomic mass is 33.1. The Hall–Kier alpha value is -6.12. The molecule has 1 spiro atoms. The number of piperidine rings is 1. The molecule has 1 aromatic heterocycles. The molecule has 2 fully saturated rings. The van der Waals surface area contributed by atoms with Gasteiger partial charge in [0.15, 0.2) is 5.76 Å². The highest BCUT2D eigenvalue weighted by Gasteiger charge is 2.54. The van der Waals surface area contributed by atoms with Gasteiger partial charge in [0.05, 0.1) is 22.5 Å². The summed E-state index contributed by atoms with van der Waals surface area (Å²) in [6, 6.07) is 32.0. The number of aromatic hydroxyl groups is 4. The van der Waals surface area contributed by atoms with Gasteiger partial charge in [0.25, 0.3) is 0 Å². The first-order valence-electron chi connectivity index (χ1n) is 33.2. The zero-order valence-electron chi connectivity index (χ0n) is 52.3. The summed E-state index contributed by atoms with van der Waals surface area (Å²) in [4.78, 5) is 30.1. The molecule has 484 valence electrons. The SMILES string of the molecule is CC(C)Cc1cc2c3c(c1O)Cc1cccc(c1)C1NCC(Cc4cccc(c4)CC(=O)Cc4ccc(c(O)c4)CC45SSCCCC(O)C6CC(c7c(cc8c9c(ccc4c79)CC(CCCO)C8CCO)-c4c(O)cc7oc-2c(O)c(=O)c7c4O6)C5O)CC1SSC3. The maximum absolute atomic E-state index is 16.0. The van der Waals surface area contributed by atoms with Gasteiger partial charge in [-0.2, -0.15) is 0 Å². The van der Waals surface area contributed by atoms with E-state index in [1.54, 1.807) is 49.2 Å². The lowest BCUT2D eigenvalue weighted by atomic mass is 9.62. The second-order valence-electron chi connectivity index (χ2n) is 27.8. The minimum absolute atomic E-state index is 0.000999. The van der Waals surface area contributed by atoms with E-state index in [1.807, 2.05) is 36.4 Å². The molecule has 20 bridgehead atoms. The lowest BCUT2D eigenvalue weighted by molar-refractivity contribution is -0.117. The van der Waals surface area contributed by atoms with E-state index in [1.165, 1.54) is 6.07 Å². The van der Waals surface area contributed by atoms with E-state index in [0.717, 1.165) is 69.1 Å². The number of rotatable bonds is 7. The Bertz CT molecular complexity index is 4360. The number of aliphatic hydroxyl groups is 4. The van der Waals surface area contributed by atoms with Gasteiger partial charge in [0.1, 0.15) is 45.9 Å². The monoisotopic (exact) mass is 1330 g/mol. The van der Waals surface area contributed by atoms with Crippen LogP contribution in [-0.4, -0.2) is 95.7 Å². The number of ether oxygens (including phenoxy) is 1. The standard InChI is InChI=1S/C76H79NO12S4/c1-38(2)21-48-31-53-56-37-91-92-63-29-43(36-77-69(63)46-10-4-9-41(24-46)27-52(56)70(48)84)23-39-7-3-8-40(22-39)25-49(80)26-42-13-14-47(59(82)28-42)35-76-57-16-15-45-30-44(11-5-18-78)50(17-19-79)51-32-54-65(67(57)64(45)51)55(75(76)87)33-61(58(81)12-6-20-90-93-76)88-74-66(54)60(83)34-62-68(74)71(85)72(86)73(53)89-62/h3-4,7-10,13-16,22,24,28,31-32,34,38,43-44,50,55,58,61,63,69,75,77-79,81-84,86-87H,5-6,11-12,17-21,23,25-27,29-30,33,35-37H2,1-2H3. The third-order valence-corrected chi connectivity index (χ3v) is 27.3. The van der Waals surface area contributed by atoms with Crippen LogP contribution in [0.15, 0.2) is 106 Å². The molecular weight excluding hydrogens is 1250 g/mol. The summed E-state index contributed by atoms with van der Waals surface area (Å²) in [5.41, 5.74) is 11.2. The van der Waals surface area contributed by atoms with Gasteiger partial charge in [-0.3, -0.25) is 9.59 Å². The summed E-state index contributed by atoms with van der Waals surface area (Å²) in [6.45, 7) is 4.82. The maximum Gasteiger partial charge on any atom is 0.238 e. The second kappa shape index (κ2) is 25.5. The topological polar surface area (TPSA) is 230 Å². The van der Waals surface area contributed by atoms with Crippen molar-refractivity contribution in [2.24, 2.45) is 17.8 Å². The largest absolute Gasteiger partial charge is 0.508 e. The summed E-state index contributed by atoms with van der Waals surface area (Å²) in [6.07, 6.45) is 2.86. The maximum atomic E-state index is 16.0. The molecular formula is C76H79NO12S4. The first-order chi connectivity index (χ1) is 45.1. The van der Waals surface area contributed by atoms with Gasteiger partial charge in [0, 0.05) is 78.4 Å². The summed E-state index contributed by atoms with van der Waals surface area (Å²) < 4.78 is 13.1. The Morgan fingerprint density at radius 1 is 0.742 bits per heavy atom. The Balaban J connectivity index is 1.00. The van der Waals surface area contributed by atoms with Crippen LogP contribution >= 0.6 is 43.2 Å². The van der Waals surface area contributed by atoms with Crippen molar-refractivity contribution in [3.8, 4) is 51.2 Å². The molecule has 9 N–H and O–H groups in total. The van der Waals surface area contributed by atoms with Gasteiger partial charge in [-0.05, 0) is 202 Å². The number of aliphatic hydroxyl groups excluding tert-OH is 4. The molecule has 0 amide bonds. The van der Waals surface area contributed by atoms with Crippen molar-refractivity contribution in [2.75, 3.05) is 25.5 Å². The molecule has 7 aromatic carbocycles. The molecule has 13 aliphatic rings. The molecule has 17 heteroatoms. The van der Waals surface area contributed by atoms with Crippen molar-refractivity contribution in [2.45, 2.75) is 156 Å². The number of fused-ring (bicyclic) bond motifs is 4. The van der Waals surface area contributed by atoms with Gasteiger partial charge in [-0.25, -0.2) is 0 Å². The minimum Gasteiger partial charge on any atom is -0.508 e. The molecule has 10 atom stereocenters. The van der Waals surface area contributed by atoms with Gasteiger partial charge >= 0.3 is 0 Å². The van der Waals surface area contributed by atoms with Crippen molar-refractivity contribution in [3.05, 3.63) is 180 Å². The zero-order valence-corrected chi connectivity index (χ0v) is 55.6. The Morgan fingerprint density at radius 3 is 2.34 bits per heavy atom. The highest BCUT2D eigenvalue weighted by molar-refractivity contribution is 8.77. The van der Waals surface area contributed by atoms with Crippen molar-refractivity contribution >= 4 is 70.7 Å². The van der Waals surface area contributed by atoms with Crippen LogP contribution in [0.5, 0.6) is 28.7 Å². The summed E-state index contributed by atoms with van der Waals surface area (Å²) in [7, 11) is 6.62. The van der Waals surface area contributed by atoms with E-state index in [-0.39, 0.29) is 125 Å². The van der Waals surface area contributed by atoms with E-state index in [2.05, 4.69) is 67.7 Å². The number of carbonyl (C=O) groups is 1. The molecule has 11 aliphatic heterocycles. The highest BCUT2D eigenvalue weighted by Crippen LogP contribution is 2.64. The number of Topliss-reactive ketones (excluding diaryl/α,β-unsaturated/α-hetero) is 1. The molecule has 13 nitrogen and oxygen atoms in total. The van der Waals surface area contributed by atoms with Gasteiger partial charge < -0.3 is 55.3 Å². The Labute approximate surface area is 557 Å². The molecule has 2 aliphatic carbocycles. The van der Waals surface area contributed by atoms with E-state index in [9.17, 15) is 45.6 Å². The number of hydrogen-bond donors (Lipinski definition) is 9. The third-order valence-electron chi connectivity index (χ3n) is 21.3. The van der Waals surface area contributed by atoms with Gasteiger partial charge in [-0.15, -0.1) is 0 Å². The van der Waals surface area contributed by atoms with Crippen LogP contribution in [0.25, 0.3) is 44.2 Å². The number of hydrogen-bond acceptors (Lipinski definition) is 17. The molecule has 8 aromatic rings. The van der Waals surface area contributed by atoms with Crippen LogP contribution in [-0.2, 0) is 60.2 Å². The van der Waals surface area contributed by atoms with Crippen molar-refractivity contribution in [1.29, 1.82) is 0 Å². The molecule has 21 rings (SSSR count). The first-order valence-corrected chi connectivity index (χ1v) is 37.9. The fourth-order valence-corrected chi connectivity index (χ4v) is 23.4. The number of phenolic OH excluding ortho intramolecular Hbond substituents is 3. The number of phenols is 3. The molecule has 10 unspecified atom stereocenters. The molecule has 93 heavy (non-hydrogen) atoms. The quantitative estimate of drug-likeness (QED) is 0.0676. The fraction of sp³-hybridized carbons (Fsp3) is 0.421. The molecule has 0 saturated carbocycles. The van der Waals surface area contributed by atoms with E-state index in [0.29, 0.717) is 107 Å². The minimum atomic E-state index is -1.20. The first kappa shape index (κ1) is 63.0. The summed E-state index contributed by atoms with van der Waals surface area (Å²) >= 11 is 0. The predicted molar refractivity (Wildman–Crippen MR) is 372 cm³/mol. The number of nitrogens with one attached hydrogen (secondary N) is 1. The normalized spacial score (nSPS) is 25.8. The van der Waals surface area contributed by atoms with Gasteiger partial charge in [-0.1, -0.05) is 130 Å². The van der Waals surface area contributed by atoms with Crippen LogP contribution in [0.2, 0.25) is 0 Å². The van der Waals surface area contributed by atoms with E-state index in [4.69, 9.17) is 9.15 Å². The lowest BCUT2D eigenvalue weighted by Gasteiger charge is -2.49. The zero-order chi connectivity index (χ0) is 64.1. The van der Waals surface area contributed by atoms with Crippen molar-refractivity contribution < 1.29 is 54.8 Å². The summed E-state index contributed by atoms with van der Waals surface area (Å²) in [5.74, 6) is -0.623. The average molecular weight is 1330 g/mol. The van der Waals surface area contributed by atoms with Crippen molar-refractivity contribution in [1.82, 2.24) is 5.32 Å². The predicted octanol–water partition coefficient (Wildman–Crippen LogP) is 13.7. The number of ketones is 1. The lowest BCUT2D eigenvalue weighted by Crippen LogP contribution is -2.48. The van der Waals surface area contributed by atoms with E-state index >= 15 is 4.79 Å². The molecule has 2 saturated heterocycles. The fourth-order valence-electron chi connectivity index (χ4n) is 17.1. The number of carbonyl (C=O) groups excluding carboxylic acids is 1. The number of benzene rings is 7. The summed E-state index contributed by atoms with van der Waals surface area (Å²) in [5, 5.41) is 105.